The second-order valence-corrected chi connectivity index (χ2v) is 7.85. The molecule has 0 saturated carbocycles. The molecule has 0 aliphatic carbocycles. The maximum atomic E-state index is 5.69. The predicted molar refractivity (Wildman–Crippen MR) is 101 cm³/mol. The number of hydrogen-bond acceptors (Lipinski definition) is 6. The van der Waals surface area contributed by atoms with E-state index in [9.17, 15) is 0 Å². The van der Waals surface area contributed by atoms with E-state index in [1.165, 1.54) is 5.56 Å². The molecule has 142 valence electrons. The first-order valence-electron chi connectivity index (χ1n) is 9.25. The molecule has 0 spiro atoms. The van der Waals surface area contributed by atoms with Gasteiger partial charge in [0.15, 0.2) is 0 Å². The first kappa shape index (κ1) is 17.9. The van der Waals surface area contributed by atoms with Crippen LogP contribution in [0.2, 0.25) is 0 Å². The number of rotatable bonds is 4. The van der Waals surface area contributed by atoms with Crippen LogP contribution in [0.25, 0.3) is 11.4 Å². The molecule has 1 saturated heterocycles. The molecule has 1 fully saturated rings. The van der Waals surface area contributed by atoms with Gasteiger partial charge in [-0.2, -0.15) is 10.1 Å². The van der Waals surface area contributed by atoms with E-state index >= 15 is 0 Å². The van der Waals surface area contributed by atoms with Gasteiger partial charge in [0.2, 0.25) is 11.7 Å². The molecule has 1 aromatic carbocycles. The smallest absolute Gasteiger partial charge is 0.246 e. The van der Waals surface area contributed by atoms with Crippen molar-refractivity contribution in [2.45, 2.75) is 38.9 Å². The van der Waals surface area contributed by atoms with Crippen molar-refractivity contribution in [2.24, 2.45) is 0 Å². The van der Waals surface area contributed by atoms with Crippen molar-refractivity contribution in [3.05, 3.63) is 54.2 Å². The van der Waals surface area contributed by atoms with Crippen LogP contribution >= 0.6 is 0 Å². The van der Waals surface area contributed by atoms with E-state index in [0.717, 1.165) is 18.7 Å². The third-order valence-electron chi connectivity index (χ3n) is 4.71. The zero-order valence-corrected chi connectivity index (χ0v) is 16.0. The van der Waals surface area contributed by atoms with E-state index < -0.39 is 0 Å². The highest BCUT2D eigenvalue weighted by atomic mass is 16.5. The molecule has 27 heavy (non-hydrogen) atoms. The quantitative estimate of drug-likeness (QED) is 0.705. The van der Waals surface area contributed by atoms with Crippen molar-refractivity contribution in [1.29, 1.82) is 0 Å². The highest BCUT2D eigenvalue weighted by Gasteiger charge is 2.30. The van der Waals surface area contributed by atoms with Crippen LogP contribution in [0.4, 0.5) is 0 Å². The van der Waals surface area contributed by atoms with Crippen molar-refractivity contribution < 1.29 is 9.26 Å². The Labute approximate surface area is 158 Å². The minimum Gasteiger partial charge on any atom is -0.378 e. The molecule has 0 N–H and O–H groups in total. The standard InChI is InChI=1S/C20H25N5O2/c1-20(2,3)25-13-15(11-21-25)12-24-9-10-26-14-17(24)19-22-18(23-27-19)16-7-5-4-6-8-16/h4-8,11,13,17H,9-10,12,14H2,1-3H3. The Morgan fingerprint density at radius 1 is 1.19 bits per heavy atom. The predicted octanol–water partition coefficient (Wildman–Crippen LogP) is 3.26. The lowest BCUT2D eigenvalue weighted by Gasteiger charge is -2.32. The molecule has 2 aromatic heterocycles. The van der Waals surface area contributed by atoms with Gasteiger partial charge in [0, 0.05) is 30.4 Å². The summed E-state index contributed by atoms with van der Waals surface area (Å²) in [7, 11) is 0. The Bertz CT molecular complexity index is 881. The highest BCUT2D eigenvalue weighted by molar-refractivity contribution is 5.53. The summed E-state index contributed by atoms with van der Waals surface area (Å²) in [6.45, 7) is 9.26. The summed E-state index contributed by atoms with van der Waals surface area (Å²) < 4.78 is 13.3. The Morgan fingerprint density at radius 3 is 2.74 bits per heavy atom. The molecule has 1 atom stereocenters. The summed E-state index contributed by atoms with van der Waals surface area (Å²) in [4.78, 5) is 6.94. The van der Waals surface area contributed by atoms with Gasteiger partial charge in [-0.05, 0) is 20.8 Å². The number of morpholine rings is 1. The van der Waals surface area contributed by atoms with Gasteiger partial charge in [-0.25, -0.2) is 0 Å². The molecular weight excluding hydrogens is 342 g/mol. The van der Waals surface area contributed by atoms with E-state index in [2.05, 4.69) is 47.1 Å². The minimum atomic E-state index is -0.0540. The van der Waals surface area contributed by atoms with Crippen LogP contribution in [-0.2, 0) is 16.8 Å². The Hall–Kier alpha value is -2.51. The zero-order valence-electron chi connectivity index (χ0n) is 16.0. The summed E-state index contributed by atoms with van der Waals surface area (Å²) in [6, 6.07) is 9.80. The van der Waals surface area contributed by atoms with Crippen molar-refractivity contribution in [3.8, 4) is 11.4 Å². The molecule has 1 aliphatic rings. The fourth-order valence-electron chi connectivity index (χ4n) is 3.17. The first-order valence-corrected chi connectivity index (χ1v) is 9.25. The van der Waals surface area contributed by atoms with Gasteiger partial charge >= 0.3 is 0 Å². The monoisotopic (exact) mass is 367 g/mol. The van der Waals surface area contributed by atoms with Crippen molar-refractivity contribution >= 4 is 0 Å². The molecule has 0 radical (unpaired) electrons. The van der Waals surface area contributed by atoms with Crippen molar-refractivity contribution in [1.82, 2.24) is 24.8 Å². The van der Waals surface area contributed by atoms with Gasteiger partial charge in [0.1, 0.15) is 6.04 Å². The summed E-state index contributed by atoms with van der Waals surface area (Å²) in [5.74, 6) is 1.20. The van der Waals surface area contributed by atoms with E-state index in [1.807, 2.05) is 41.2 Å². The Balaban J connectivity index is 1.53. The third-order valence-corrected chi connectivity index (χ3v) is 4.71. The van der Waals surface area contributed by atoms with Crippen LogP contribution in [0, 0.1) is 0 Å². The second kappa shape index (κ2) is 7.25. The molecule has 4 rings (SSSR count). The maximum absolute atomic E-state index is 5.69. The zero-order chi connectivity index (χ0) is 18.9. The summed E-state index contributed by atoms with van der Waals surface area (Å²) in [5, 5.41) is 8.66. The fourth-order valence-corrected chi connectivity index (χ4v) is 3.17. The van der Waals surface area contributed by atoms with Crippen LogP contribution in [-0.4, -0.2) is 44.6 Å². The molecule has 7 nitrogen and oxygen atoms in total. The Kier molecular flexibility index (Phi) is 4.80. The van der Waals surface area contributed by atoms with Gasteiger partial charge < -0.3 is 9.26 Å². The van der Waals surface area contributed by atoms with Crippen molar-refractivity contribution in [2.75, 3.05) is 19.8 Å². The minimum absolute atomic E-state index is 0.0280. The summed E-state index contributed by atoms with van der Waals surface area (Å²) in [5.41, 5.74) is 2.08. The average molecular weight is 367 g/mol. The van der Waals surface area contributed by atoms with E-state index in [-0.39, 0.29) is 11.6 Å². The van der Waals surface area contributed by atoms with Crippen LogP contribution in [0.3, 0.4) is 0 Å². The lowest BCUT2D eigenvalue weighted by atomic mass is 10.1. The molecule has 1 unspecified atom stereocenters. The second-order valence-electron chi connectivity index (χ2n) is 7.85. The topological polar surface area (TPSA) is 69.2 Å². The van der Waals surface area contributed by atoms with Crippen LogP contribution < -0.4 is 0 Å². The number of benzene rings is 1. The molecule has 0 bridgehead atoms. The van der Waals surface area contributed by atoms with E-state index in [1.54, 1.807) is 0 Å². The van der Waals surface area contributed by atoms with Gasteiger partial charge in [0.25, 0.3) is 0 Å². The van der Waals surface area contributed by atoms with Crippen LogP contribution in [0.15, 0.2) is 47.2 Å². The molecule has 7 heteroatoms. The van der Waals surface area contributed by atoms with Crippen LogP contribution in [0.5, 0.6) is 0 Å². The largest absolute Gasteiger partial charge is 0.378 e. The maximum Gasteiger partial charge on any atom is 0.246 e. The normalized spacial score (nSPS) is 18.7. The molecule has 3 aromatic rings. The first-order chi connectivity index (χ1) is 13.0. The number of aromatic nitrogens is 4. The van der Waals surface area contributed by atoms with Gasteiger partial charge in [0.05, 0.1) is 24.9 Å². The molecule has 3 heterocycles. The van der Waals surface area contributed by atoms with E-state index in [4.69, 9.17) is 9.26 Å². The number of nitrogens with zero attached hydrogens (tertiary/aromatic N) is 5. The Morgan fingerprint density at radius 2 is 2.00 bits per heavy atom. The molecular formula is C20H25N5O2. The highest BCUT2D eigenvalue weighted by Crippen LogP contribution is 2.27. The fraction of sp³-hybridized carbons (Fsp3) is 0.450. The molecule has 1 aliphatic heterocycles. The lowest BCUT2D eigenvalue weighted by molar-refractivity contribution is -0.0241. The average Bonchev–Trinajstić information content (AvgIpc) is 3.32. The summed E-state index contributed by atoms with van der Waals surface area (Å²) >= 11 is 0. The van der Waals surface area contributed by atoms with E-state index in [0.29, 0.717) is 24.9 Å². The number of hydrogen-bond donors (Lipinski definition) is 0. The SMILES string of the molecule is CC(C)(C)n1cc(CN2CCOCC2c2nc(-c3ccccc3)no2)cn1. The lowest BCUT2D eigenvalue weighted by Crippen LogP contribution is -2.39. The third kappa shape index (κ3) is 3.94. The van der Waals surface area contributed by atoms with Gasteiger partial charge in [-0.1, -0.05) is 35.5 Å². The van der Waals surface area contributed by atoms with Crippen LogP contribution in [0.1, 0.15) is 38.3 Å². The van der Waals surface area contributed by atoms with Crippen molar-refractivity contribution in [3.63, 3.8) is 0 Å². The number of ether oxygens (including phenoxy) is 1. The van der Waals surface area contributed by atoms with Gasteiger partial charge in [-0.3, -0.25) is 9.58 Å². The molecule has 0 amide bonds. The van der Waals surface area contributed by atoms with Gasteiger partial charge in [-0.15, -0.1) is 0 Å². The summed E-state index contributed by atoms with van der Waals surface area (Å²) in [6.07, 6.45) is 4.04.